The average molecular weight is 473 g/mol. The monoisotopic (exact) mass is 472 g/mol. The standard InChI is InChI=1S/C28H32N4OS/c34-28-30-26(25-11-5-6-17-29-25)27(20-16-18-31(19-20)21-7-1-2-8-21)32(28)22-12-14-24(15-13-22)33-23-9-3-4-10-23/h5-6,11-19,21,23,26-27H,1-4,7-10H2,(H,30,34)/t26-,27-/m0/s1. The Balaban J connectivity index is 1.32. The van der Waals surface area contributed by atoms with E-state index in [1.54, 1.807) is 0 Å². The van der Waals surface area contributed by atoms with Gasteiger partial charge in [-0.3, -0.25) is 4.98 Å². The van der Waals surface area contributed by atoms with Crippen LogP contribution in [0.1, 0.15) is 80.7 Å². The van der Waals surface area contributed by atoms with E-state index >= 15 is 0 Å². The number of ether oxygens (including phenoxy) is 1. The van der Waals surface area contributed by atoms with Gasteiger partial charge in [0.2, 0.25) is 0 Å². The van der Waals surface area contributed by atoms with Crippen molar-refractivity contribution in [3.63, 3.8) is 0 Å². The second kappa shape index (κ2) is 9.41. The zero-order chi connectivity index (χ0) is 22.9. The van der Waals surface area contributed by atoms with E-state index in [0.717, 1.165) is 35.1 Å². The second-order valence-electron chi connectivity index (χ2n) is 9.85. The third-order valence-corrected chi connectivity index (χ3v) is 7.96. The van der Waals surface area contributed by atoms with Crippen LogP contribution < -0.4 is 15.0 Å². The van der Waals surface area contributed by atoms with Gasteiger partial charge in [0.05, 0.1) is 23.9 Å². The van der Waals surface area contributed by atoms with E-state index in [-0.39, 0.29) is 12.1 Å². The number of pyridine rings is 1. The topological polar surface area (TPSA) is 42.3 Å². The first-order valence-electron chi connectivity index (χ1n) is 12.7. The van der Waals surface area contributed by atoms with E-state index in [2.05, 4.69) is 68.6 Å². The van der Waals surface area contributed by atoms with Crippen LogP contribution in [0.25, 0.3) is 0 Å². The number of rotatable bonds is 6. The Kier molecular flexibility index (Phi) is 6.00. The SMILES string of the molecule is S=C1N[C@@H](c2ccccn2)[C@H](c2ccn(C3CCCC3)c2)N1c1ccc(OC2CCCC2)cc1. The van der Waals surface area contributed by atoms with Gasteiger partial charge in [-0.25, -0.2) is 0 Å². The summed E-state index contributed by atoms with van der Waals surface area (Å²) in [5.74, 6) is 0.943. The van der Waals surface area contributed by atoms with Crippen LogP contribution in [0.3, 0.4) is 0 Å². The molecule has 2 atom stereocenters. The molecule has 2 aromatic heterocycles. The van der Waals surface area contributed by atoms with Crippen molar-refractivity contribution >= 4 is 23.0 Å². The van der Waals surface area contributed by atoms with Crippen LogP contribution in [0.15, 0.2) is 67.1 Å². The lowest BCUT2D eigenvalue weighted by Crippen LogP contribution is -2.29. The van der Waals surface area contributed by atoms with Gasteiger partial charge in [-0.05, 0) is 98.8 Å². The molecule has 3 fully saturated rings. The molecule has 3 aliphatic rings. The Hall–Kier alpha value is -2.86. The number of hydrogen-bond acceptors (Lipinski definition) is 3. The van der Waals surface area contributed by atoms with Crippen molar-refractivity contribution in [2.75, 3.05) is 4.90 Å². The minimum atomic E-state index is -0.0115. The summed E-state index contributed by atoms with van der Waals surface area (Å²) in [6.07, 6.45) is 16.8. The Labute approximate surface area is 207 Å². The fourth-order valence-electron chi connectivity index (χ4n) is 5.89. The molecule has 6 rings (SSSR count). The Morgan fingerprint density at radius 1 is 0.912 bits per heavy atom. The number of nitrogens with zero attached hydrogens (tertiary/aromatic N) is 3. The quantitative estimate of drug-likeness (QED) is 0.415. The van der Waals surface area contributed by atoms with E-state index in [1.165, 1.54) is 44.1 Å². The summed E-state index contributed by atoms with van der Waals surface area (Å²) in [7, 11) is 0. The summed E-state index contributed by atoms with van der Waals surface area (Å²) in [6, 6.07) is 17.5. The van der Waals surface area contributed by atoms with Crippen molar-refractivity contribution in [3.05, 3.63) is 78.4 Å². The van der Waals surface area contributed by atoms with Gasteiger partial charge in [0, 0.05) is 30.3 Å². The molecule has 0 bridgehead atoms. The van der Waals surface area contributed by atoms with Crippen LogP contribution >= 0.6 is 12.2 Å². The molecule has 0 radical (unpaired) electrons. The summed E-state index contributed by atoms with van der Waals surface area (Å²) in [6.45, 7) is 0. The predicted molar refractivity (Wildman–Crippen MR) is 139 cm³/mol. The molecule has 2 saturated carbocycles. The van der Waals surface area contributed by atoms with Crippen LogP contribution in [-0.2, 0) is 0 Å². The molecule has 0 unspecified atom stereocenters. The summed E-state index contributed by atoms with van der Waals surface area (Å²) >= 11 is 5.89. The van der Waals surface area contributed by atoms with Crippen LogP contribution in [0.4, 0.5) is 5.69 Å². The van der Waals surface area contributed by atoms with E-state index in [1.807, 2.05) is 18.3 Å². The zero-order valence-electron chi connectivity index (χ0n) is 19.5. The highest BCUT2D eigenvalue weighted by Gasteiger charge is 2.41. The Morgan fingerprint density at radius 3 is 2.41 bits per heavy atom. The fourth-order valence-corrected chi connectivity index (χ4v) is 6.24. The van der Waals surface area contributed by atoms with Crippen molar-refractivity contribution in [3.8, 4) is 5.75 Å². The summed E-state index contributed by atoms with van der Waals surface area (Å²) in [4.78, 5) is 6.93. The summed E-state index contributed by atoms with van der Waals surface area (Å²) in [5.41, 5.74) is 3.35. The highest BCUT2D eigenvalue weighted by atomic mass is 32.1. The van der Waals surface area contributed by atoms with Gasteiger partial charge in [-0.2, -0.15) is 0 Å². The van der Waals surface area contributed by atoms with Crippen LogP contribution in [-0.4, -0.2) is 20.8 Å². The van der Waals surface area contributed by atoms with Gasteiger partial charge in [0.1, 0.15) is 5.75 Å². The van der Waals surface area contributed by atoms with Crippen molar-refractivity contribution in [1.82, 2.24) is 14.9 Å². The van der Waals surface area contributed by atoms with Gasteiger partial charge in [-0.1, -0.05) is 18.9 Å². The largest absolute Gasteiger partial charge is 0.490 e. The molecule has 6 heteroatoms. The molecule has 3 heterocycles. The number of thiocarbonyl (C=S) groups is 1. The maximum Gasteiger partial charge on any atom is 0.174 e. The van der Waals surface area contributed by atoms with E-state index < -0.39 is 0 Å². The molecule has 34 heavy (non-hydrogen) atoms. The van der Waals surface area contributed by atoms with Crippen molar-refractivity contribution in [2.45, 2.75) is 75.6 Å². The predicted octanol–water partition coefficient (Wildman–Crippen LogP) is 6.50. The van der Waals surface area contributed by atoms with Crippen LogP contribution in [0.2, 0.25) is 0 Å². The molecule has 176 valence electrons. The molecule has 1 aromatic carbocycles. The lowest BCUT2D eigenvalue weighted by Gasteiger charge is -2.27. The summed E-state index contributed by atoms with van der Waals surface area (Å²) in [5, 5.41) is 4.31. The van der Waals surface area contributed by atoms with Crippen LogP contribution in [0, 0.1) is 0 Å². The van der Waals surface area contributed by atoms with Crippen molar-refractivity contribution in [2.24, 2.45) is 0 Å². The average Bonchev–Trinajstić information content (AvgIpc) is 3.66. The zero-order valence-corrected chi connectivity index (χ0v) is 20.3. The second-order valence-corrected chi connectivity index (χ2v) is 10.2. The third kappa shape index (κ3) is 4.20. The Morgan fingerprint density at radius 2 is 1.68 bits per heavy atom. The van der Waals surface area contributed by atoms with Crippen molar-refractivity contribution < 1.29 is 4.74 Å². The van der Waals surface area contributed by atoms with Gasteiger partial charge in [-0.15, -0.1) is 0 Å². The first-order valence-corrected chi connectivity index (χ1v) is 13.1. The third-order valence-electron chi connectivity index (χ3n) is 7.64. The molecular formula is C28H32N4OS. The first-order chi connectivity index (χ1) is 16.8. The van der Waals surface area contributed by atoms with Gasteiger partial charge < -0.3 is 19.5 Å². The molecule has 1 saturated heterocycles. The maximum atomic E-state index is 6.20. The maximum absolute atomic E-state index is 6.20. The minimum absolute atomic E-state index is 0.0115. The molecule has 1 aliphatic heterocycles. The number of nitrogens with one attached hydrogen (secondary N) is 1. The molecule has 0 spiro atoms. The fraction of sp³-hybridized carbons (Fsp3) is 0.429. The molecular weight excluding hydrogens is 440 g/mol. The molecule has 3 aromatic rings. The number of benzene rings is 1. The highest BCUT2D eigenvalue weighted by Crippen LogP contribution is 2.43. The number of aromatic nitrogens is 2. The van der Waals surface area contributed by atoms with Crippen molar-refractivity contribution in [1.29, 1.82) is 0 Å². The summed E-state index contributed by atoms with van der Waals surface area (Å²) < 4.78 is 8.61. The Bertz CT molecular complexity index is 1120. The van der Waals surface area contributed by atoms with Gasteiger partial charge in [0.15, 0.2) is 5.11 Å². The number of anilines is 1. The highest BCUT2D eigenvalue weighted by molar-refractivity contribution is 7.80. The molecule has 2 aliphatic carbocycles. The molecule has 5 nitrogen and oxygen atoms in total. The lowest BCUT2D eigenvalue weighted by molar-refractivity contribution is 0.210. The van der Waals surface area contributed by atoms with Gasteiger partial charge in [0.25, 0.3) is 0 Å². The van der Waals surface area contributed by atoms with Gasteiger partial charge >= 0.3 is 0 Å². The van der Waals surface area contributed by atoms with E-state index in [9.17, 15) is 0 Å². The lowest BCUT2D eigenvalue weighted by atomic mass is 9.98. The normalized spacial score (nSPS) is 23.5. The first kappa shape index (κ1) is 21.7. The smallest absolute Gasteiger partial charge is 0.174 e. The van der Waals surface area contributed by atoms with E-state index in [0.29, 0.717) is 12.1 Å². The molecule has 0 amide bonds. The minimum Gasteiger partial charge on any atom is -0.490 e. The number of hydrogen-bond donors (Lipinski definition) is 1. The van der Waals surface area contributed by atoms with Crippen LogP contribution in [0.5, 0.6) is 5.75 Å². The molecule has 1 N–H and O–H groups in total. The van der Waals surface area contributed by atoms with E-state index in [4.69, 9.17) is 17.0 Å².